The van der Waals surface area contributed by atoms with E-state index in [2.05, 4.69) is 20.7 Å². The maximum Gasteiger partial charge on any atom is 0.387 e. The quantitative estimate of drug-likeness (QED) is 0.631. The second-order valence-electron chi connectivity index (χ2n) is 2.70. The van der Waals surface area contributed by atoms with Gasteiger partial charge in [-0.05, 0) is 28.4 Å². The van der Waals surface area contributed by atoms with Gasteiger partial charge in [-0.15, -0.1) is 0 Å². The Morgan fingerprint density at radius 2 is 2.13 bits per heavy atom. The van der Waals surface area contributed by atoms with Gasteiger partial charge >= 0.3 is 6.61 Å². The number of nitro groups is 1. The van der Waals surface area contributed by atoms with Crippen molar-refractivity contribution in [2.75, 3.05) is 0 Å². The summed E-state index contributed by atoms with van der Waals surface area (Å²) in [5, 5.41) is 10.5. The molecule has 1 aromatic rings. The zero-order chi connectivity index (χ0) is 11.6. The van der Waals surface area contributed by atoms with Gasteiger partial charge in [-0.2, -0.15) is 8.78 Å². The fourth-order valence-electron chi connectivity index (χ4n) is 1.01. The minimum atomic E-state index is -2.95. The molecule has 0 aliphatic carbocycles. The lowest BCUT2D eigenvalue weighted by atomic mass is 10.2. The highest BCUT2D eigenvalue weighted by atomic mass is 79.9. The first-order valence-corrected chi connectivity index (χ1v) is 4.60. The molecule has 0 bridgehead atoms. The maximum atomic E-state index is 11.9. The van der Waals surface area contributed by atoms with Gasteiger partial charge in [0.1, 0.15) is 5.75 Å². The van der Waals surface area contributed by atoms with Crippen molar-refractivity contribution in [3.63, 3.8) is 0 Å². The van der Waals surface area contributed by atoms with E-state index in [1.807, 2.05) is 0 Å². The lowest BCUT2D eigenvalue weighted by Gasteiger charge is -2.08. The van der Waals surface area contributed by atoms with Crippen LogP contribution in [0.3, 0.4) is 0 Å². The third kappa shape index (κ3) is 2.85. The van der Waals surface area contributed by atoms with E-state index in [1.54, 1.807) is 0 Å². The molecule has 0 radical (unpaired) electrons. The Morgan fingerprint density at radius 3 is 2.60 bits per heavy atom. The molecule has 0 aliphatic heterocycles. The molecule has 7 heteroatoms. The normalized spacial score (nSPS) is 10.5. The summed E-state index contributed by atoms with van der Waals surface area (Å²) >= 11 is 2.91. The molecule has 82 valence electrons. The molecule has 0 saturated heterocycles. The largest absolute Gasteiger partial charge is 0.435 e. The average Bonchev–Trinajstić information content (AvgIpc) is 2.09. The molecule has 0 aliphatic rings. The Balaban J connectivity index is 3.13. The minimum Gasteiger partial charge on any atom is -0.435 e. The fourth-order valence-corrected chi connectivity index (χ4v) is 1.48. The molecule has 0 heterocycles. The van der Waals surface area contributed by atoms with Crippen molar-refractivity contribution in [2.24, 2.45) is 0 Å². The molecule has 4 nitrogen and oxygen atoms in total. The van der Waals surface area contributed by atoms with Crippen molar-refractivity contribution >= 4 is 21.6 Å². The number of nitrogens with zero attached hydrogens (tertiary/aromatic N) is 1. The van der Waals surface area contributed by atoms with Gasteiger partial charge in [0.25, 0.3) is 5.69 Å². The predicted octanol–water partition coefficient (Wildman–Crippen LogP) is 3.27. The van der Waals surface area contributed by atoms with Crippen LogP contribution >= 0.6 is 15.9 Å². The highest BCUT2D eigenvalue weighted by Crippen LogP contribution is 2.32. The van der Waals surface area contributed by atoms with Gasteiger partial charge in [-0.3, -0.25) is 10.1 Å². The molecule has 15 heavy (non-hydrogen) atoms. The summed E-state index contributed by atoms with van der Waals surface area (Å²) in [4.78, 5) is 9.89. The molecular formula is C8H6BrF2NO3. The topological polar surface area (TPSA) is 52.4 Å². The van der Waals surface area contributed by atoms with Crippen LogP contribution in [0.2, 0.25) is 0 Å². The second kappa shape index (κ2) is 4.52. The van der Waals surface area contributed by atoms with Gasteiger partial charge < -0.3 is 4.74 Å². The first kappa shape index (κ1) is 11.8. The smallest absolute Gasteiger partial charge is 0.387 e. The second-order valence-corrected chi connectivity index (χ2v) is 3.56. The highest BCUT2D eigenvalue weighted by Gasteiger charge is 2.17. The Morgan fingerprint density at radius 1 is 1.53 bits per heavy atom. The molecule has 1 aromatic carbocycles. The van der Waals surface area contributed by atoms with E-state index >= 15 is 0 Å². The molecule has 0 amide bonds. The Bertz CT molecular complexity index is 398. The third-order valence-electron chi connectivity index (χ3n) is 1.66. The Labute approximate surface area is 92.1 Å². The van der Waals surface area contributed by atoms with E-state index in [-0.39, 0.29) is 21.5 Å². The summed E-state index contributed by atoms with van der Waals surface area (Å²) in [7, 11) is 0. The molecule has 0 fully saturated rings. The number of hydrogen-bond acceptors (Lipinski definition) is 3. The van der Waals surface area contributed by atoms with Crippen molar-refractivity contribution in [3.05, 3.63) is 32.3 Å². The number of halogens is 3. The van der Waals surface area contributed by atoms with Gasteiger partial charge in [-0.25, -0.2) is 0 Å². The number of rotatable bonds is 3. The summed E-state index contributed by atoms with van der Waals surface area (Å²) in [6.45, 7) is -1.49. The number of ether oxygens (including phenoxy) is 1. The Kier molecular flexibility index (Phi) is 3.57. The summed E-state index contributed by atoms with van der Waals surface area (Å²) < 4.78 is 28.1. The van der Waals surface area contributed by atoms with Gasteiger partial charge in [0.15, 0.2) is 0 Å². The maximum absolute atomic E-state index is 11.9. The molecule has 0 unspecified atom stereocenters. The van der Waals surface area contributed by atoms with Crippen molar-refractivity contribution in [1.29, 1.82) is 0 Å². The predicted molar refractivity (Wildman–Crippen MR) is 52.2 cm³/mol. The Hall–Kier alpha value is -1.24. The van der Waals surface area contributed by atoms with Gasteiger partial charge in [0.05, 0.1) is 9.40 Å². The molecule has 0 spiro atoms. The van der Waals surface area contributed by atoms with Gasteiger partial charge in [-0.1, -0.05) is 0 Å². The van der Waals surface area contributed by atoms with E-state index in [9.17, 15) is 18.9 Å². The van der Waals surface area contributed by atoms with E-state index in [4.69, 9.17) is 0 Å². The zero-order valence-electron chi connectivity index (χ0n) is 7.54. The summed E-state index contributed by atoms with van der Waals surface area (Å²) in [6, 6.07) is 2.32. The molecular weight excluding hydrogens is 276 g/mol. The van der Waals surface area contributed by atoms with Crippen LogP contribution in [0.5, 0.6) is 5.75 Å². The first-order valence-electron chi connectivity index (χ1n) is 3.81. The monoisotopic (exact) mass is 281 g/mol. The molecule has 1 rings (SSSR count). The summed E-state index contributed by atoms with van der Waals surface area (Å²) in [6.07, 6.45) is 0. The van der Waals surface area contributed by atoms with Crippen LogP contribution < -0.4 is 4.74 Å². The standard InChI is InChI=1S/C8H6BrF2NO3/c1-4-2-6(12(13)14)5(9)3-7(4)15-8(10)11/h2-3,8H,1H3. The van der Waals surface area contributed by atoms with Crippen LogP contribution in [-0.2, 0) is 0 Å². The van der Waals surface area contributed by atoms with E-state index in [0.717, 1.165) is 6.07 Å². The van der Waals surface area contributed by atoms with Crippen LogP contribution in [-0.4, -0.2) is 11.5 Å². The van der Waals surface area contributed by atoms with Crippen LogP contribution in [0.15, 0.2) is 16.6 Å². The number of aryl methyl sites for hydroxylation is 1. The van der Waals surface area contributed by atoms with Crippen LogP contribution in [0, 0.1) is 17.0 Å². The lowest BCUT2D eigenvalue weighted by Crippen LogP contribution is -2.04. The molecule has 0 saturated carbocycles. The molecule has 0 N–H and O–H groups in total. The first-order chi connectivity index (χ1) is 6.91. The van der Waals surface area contributed by atoms with E-state index in [0.29, 0.717) is 0 Å². The van der Waals surface area contributed by atoms with Crippen molar-refractivity contribution < 1.29 is 18.4 Å². The van der Waals surface area contributed by atoms with Crippen molar-refractivity contribution in [2.45, 2.75) is 13.5 Å². The van der Waals surface area contributed by atoms with Crippen LogP contribution in [0.4, 0.5) is 14.5 Å². The van der Waals surface area contributed by atoms with Crippen molar-refractivity contribution in [1.82, 2.24) is 0 Å². The number of hydrogen-bond donors (Lipinski definition) is 0. The lowest BCUT2D eigenvalue weighted by molar-refractivity contribution is -0.385. The van der Waals surface area contributed by atoms with Gasteiger partial charge in [0, 0.05) is 12.1 Å². The summed E-state index contributed by atoms with van der Waals surface area (Å²) in [5.74, 6) is -0.0810. The number of benzene rings is 1. The number of alkyl halides is 2. The molecule has 0 aromatic heterocycles. The summed E-state index contributed by atoms with van der Waals surface area (Å²) in [5.41, 5.74) is 0.0966. The fraction of sp³-hybridized carbons (Fsp3) is 0.250. The van der Waals surface area contributed by atoms with Crippen LogP contribution in [0.1, 0.15) is 5.56 Å². The average molecular weight is 282 g/mol. The minimum absolute atomic E-state index is 0.0810. The molecule has 0 atom stereocenters. The van der Waals surface area contributed by atoms with Crippen LogP contribution in [0.25, 0.3) is 0 Å². The van der Waals surface area contributed by atoms with Crippen molar-refractivity contribution in [3.8, 4) is 5.75 Å². The van der Waals surface area contributed by atoms with E-state index in [1.165, 1.54) is 13.0 Å². The van der Waals surface area contributed by atoms with Gasteiger partial charge in [0.2, 0.25) is 0 Å². The van der Waals surface area contributed by atoms with E-state index < -0.39 is 11.5 Å². The highest BCUT2D eigenvalue weighted by molar-refractivity contribution is 9.10. The SMILES string of the molecule is Cc1cc([N+](=O)[O-])c(Br)cc1OC(F)F. The third-order valence-corrected chi connectivity index (χ3v) is 2.29. The number of nitro benzene ring substituents is 1. The zero-order valence-corrected chi connectivity index (χ0v) is 9.12.